The number of phenols is 2. The summed E-state index contributed by atoms with van der Waals surface area (Å²) >= 11 is 0. The highest BCUT2D eigenvalue weighted by Gasteiger charge is 2.20. The van der Waals surface area contributed by atoms with Crippen molar-refractivity contribution in [2.24, 2.45) is 0 Å². The van der Waals surface area contributed by atoms with Crippen LogP contribution in [0.1, 0.15) is 30.9 Å². The van der Waals surface area contributed by atoms with E-state index in [0.717, 1.165) is 17.5 Å². The van der Waals surface area contributed by atoms with Gasteiger partial charge in [-0.15, -0.1) is 5.10 Å². The zero-order valence-corrected chi connectivity index (χ0v) is 18.4. The molecular formula is C25H26N4O3. The molecule has 0 fully saturated rings. The Labute approximate surface area is 186 Å². The molecule has 0 aliphatic carbocycles. The zero-order valence-electron chi connectivity index (χ0n) is 18.4. The molecule has 0 unspecified atom stereocenters. The number of phenolic OH excluding ortho intramolecular Hbond substituents is 2. The van der Waals surface area contributed by atoms with Crippen molar-refractivity contribution < 1.29 is 14.9 Å². The number of aryl methyl sites for hydroxylation is 2. The molecular weight excluding hydrogens is 404 g/mol. The smallest absolute Gasteiger partial charge is 0.185 e. The van der Waals surface area contributed by atoms with Gasteiger partial charge in [0.25, 0.3) is 0 Å². The number of aromatic hydroxyl groups is 2. The quantitative estimate of drug-likeness (QED) is 0.438. The molecule has 0 aliphatic rings. The Balaban J connectivity index is 1.75. The third-order valence-electron chi connectivity index (χ3n) is 5.52. The molecule has 0 aliphatic heterocycles. The van der Waals surface area contributed by atoms with E-state index in [0.29, 0.717) is 35.2 Å². The first-order valence-electron chi connectivity index (χ1n) is 10.5. The third-order valence-corrected chi connectivity index (χ3v) is 5.52. The van der Waals surface area contributed by atoms with Crippen LogP contribution in [0.3, 0.4) is 0 Å². The number of rotatable bonds is 7. The molecule has 0 atom stereocenters. The van der Waals surface area contributed by atoms with Crippen LogP contribution in [0.25, 0.3) is 22.5 Å². The van der Waals surface area contributed by atoms with E-state index in [9.17, 15) is 10.2 Å². The predicted octanol–water partition coefficient (Wildman–Crippen LogP) is 4.79. The monoisotopic (exact) mass is 430 g/mol. The number of aromatic nitrogens is 4. The summed E-state index contributed by atoms with van der Waals surface area (Å²) in [5.74, 6) is 1.22. The van der Waals surface area contributed by atoms with Gasteiger partial charge >= 0.3 is 0 Å². The summed E-state index contributed by atoms with van der Waals surface area (Å²) in [6.07, 6.45) is 0.745. The normalized spacial score (nSPS) is 11.1. The molecule has 1 aromatic heterocycles. The molecule has 4 aromatic rings. The Morgan fingerprint density at radius 2 is 1.66 bits per heavy atom. The molecule has 2 N–H and O–H groups in total. The van der Waals surface area contributed by atoms with Crippen molar-refractivity contribution in [3.8, 4) is 39.8 Å². The van der Waals surface area contributed by atoms with Crippen LogP contribution >= 0.6 is 0 Å². The van der Waals surface area contributed by atoms with E-state index in [1.165, 1.54) is 11.6 Å². The fourth-order valence-corrected chi connectivity index (χ4v) is 3.70. The second-order valence-electron chi connectivity index (χ2n) is 7.96. The van der Waals surface area contributed by atoms with Crippen LogP contribution in [-0.4, -0.2) is 37.5 Å². The standard InChI is InChI=1S/C25H26N4O3/c1-16(2)18-9-10-24(32-3)20(13-18)19-14-21(23(31)15-22(19)30)25-26-27-28-29(25)12-11-17-7-5-4-6-8-17/h4-10,13-16,30-31H,11-12H2,1-3H3. The number of tetrazole rings is 1. The topological polar surface area (TPSA) is 93.3 Å². The lowest BCUT2D eigenvalue weighted by Crippen LogP contribution is -2.06. The number of hydrogen-bond acceptors (Lipinski definition) is 6. The number of methoxy groups -OCH3 is 1. The first-order valence-corrected chi connectivity index (χ1v) is 10.5. The van der Waals surface area contributed by atoms with Gasteiger partial charge < -0.3 is 14.9 Å². The number of hydrogen-bond donors (Lipinski definition) is 2. The fraction of sp³-hybridized carbons (Fsp3) is 0.240. The molecule has 0 spiro atoms. The largest absolute Gasteiger partial charge is 0.507 e. The van der Waals surface area contributed by atoms with Gasteiger partial charge in [0.2, 0.25) is 0 Å². The molecule has 0 radical (unpaired) electrons. The van der Waals surface area contributed by atoms with E-state index in [1.807, 2.05) is 48.5 Å². The van der Waals surface area contributed by atoms with Gasteiger partial charge in [0.05, 0.1) is 12.7 Å². The van der Waals surface area contributed by atoms with E-state index in [2.05, 4.69) is 29.4 Å². The highest BCUT2D eigenvalue weighted by Crippen LogP contribution is 2.43. The van der Waals surface area contributed by atoms with Gasteiger partial charge in [0, 0.05) is 23.7 Å². The van der Waals surface area contributed by atoms with Crippen molar-refractivity contribution in [3.63, 3.8) is 0 Å². The highest BCUT2D eigenvalue weighted by atomic mass is 16.5. The third kappa shape index (κ3) is 4.27. The SMILES string of the molecule is COc1ccc(C(C)C)cc1-c1cc(-c2nnnn2CCc2ccccc2)c(O)cc1O. The summed E-state index contributed by atoms with van der Waals surface area (Å²) in [7, 11) is 1.59. The second-order valence-corrected chi connectivity index (χ2v) is 7.96. The Morgan fingerprint density at radius 1 is 0.906 bits per heavy atom. The maximum absolute atomic E-state index is 10.7. The van der Waals surface area contributed by atoms with Crippen LogP contribution in [0, 0.1) is 0 Å². The first kappa shape index (κ1) is 21.4. The molecule has 1 heterocycles. The Morgan fingerprint density at radius 3 is 2.38 bits per heavy atom. The van der Waals surface area contributed by atoms with Crippen LogP contribution in [0.15, 0.2) is 60.7 Å². The van der Waals surface area contributed by atoms with Gasteiger partial charge in [-0.25, -0.2) is 4.68 Å². The Bertz CT molecular complexity index is 1220. The van der Waals surface area contributed by atoms with E-state index in [4.69, 9.17) is 4.74 Å². The van der Waals surface area contributed by atoms with E-state index >= 15 is 0 Å². The van der Waals surface area contributed by atoms with Gasteiger partial charge in [-0.2, -0.15) is 0 Å². The minimum Gasteiger partial charge on any atom is -0.507 e. The molecule has 4 rings (SSSR count). The van der Waals surface area contributed by atoms with Crippen LogP contribution in [0.5, 0.6) is 17.2 Å². The lowest BCUT2D eigenvalue weighted by atomic mass is 9.94. The van der Waals surface area contributed by atoms with Gasteiger partial charge in [-0.1, -0.05) is 50.2 Å². The predicted molar refractivity (Wildman–Crippen MR) is 123 cm³/mol. The van der Waals surface area contributed by atoms with Gasteiger partial charge in [-0.05, 0) is 52.1 Å². The molecule has 7 nitrogen and oxygen atoms in total. The zero-order chi connectivity index (χ0) is 22.7. The minimum absolute atomic E-state index is 0.0474. The van der Waals surface area contributed by atoms with Crippen molar-refractivity contribution in [3.05, 3.63) is 71.8 Å². The average molecular weight is 431 g/mol. The Hall–Kier alpha value is -3.87. The van der Waals surface area contributed by atoms with Crippen LogP contribution in [-0.2, 0) is 13.0 Å². The molecule has 32 heavy (non-hydrogen) atoms. The molecule has 0 bridgehead atoms. The van der Waals surface area contributed by atoms with Gasteiger partial charge in [0.15, 0.2) is 5.82 Å². The molecule has 7 heteroatoms. The highest BCUT2D eigenvalue weighted by molar-refractivity contribution is 5.82. The van der Waals surface area contributed by atoms with E-state index < -0.39 is 0 Å². The van der Waals surface area contributed by atoms with Crippen molar-refractivity contribution >= 4 is 0 Å². The number of ether oxygens (including phenoxy) is 1. The summed E-state index contributed by atoms with van der Waals surface area (Å²) in [4.78, 5) is 0. The lowest BCUT2D eigenvalue weighted by Gasteiger charge is -2.15. The second kappa shape index (κ2) is 9.09. The fourth-order valence-electron chi connectivity index (χ4n) is 3.70. The van der Waals surface area contributed by atoms with Crippen LogP contribution in [0.2, 0.25) is 0 Å². The van der Waals surface area contributed by atoms with Crippen molar-refractivity contribution in [1.29, 1.82) is 0 Å². The summed E-state index contributed by atoms with van der Waals surface area (Å²) < 4.78 is 7.20. The maximum Gasteiger partial charge on any atom is 0.185 e. The summed E-state index contributed by atoms with van der Waals surface area (Å²) in [6.45, 7) is 4.76. The lowest BCUT2D eigenvalue weighted by molar-refractivity contribution is 0.415. The van der Waals surface area contributed by atoms with E-state index in [1.54, 1.807) is 17.9 Å². The molecule has 164 valence electrons. The average Bonchev–Trinajstić information content (AvgIpc) is 3.26. The molecule has 0 saturated heterocycles. The Kier molecular flexibility index (Phi) is 6.07. The molecule has 0 saturated carbocycles. The van der Waals surface area contributed by atoms with Crippen molar-refractivity contribution in [2.45, 2.75) is 32.7 Å². The van der Waals surface area contributed by atoms with Crippen LogP contribution in [0.4, 0.5) is 0 Å². The van der Waals surface area contributed by atoms with Crippen molar-refractivity contribution in [2.75, 3.05) is 7.11 Å². The molecule has 0 amide bonds. The minimum atomic E-state index is -0.0963. The van der Waals surface area contributed by atoms with Gasteiger partial charge in [0.1, 0.15) is 17.2 Å². The first-order chi connectivity index (χ1) is 15.5. The summed E-state index contributed by atoms with van der Waals surface area (Å²) in [6, 6.07) is 19.0. The maximum atomic E-state index is 10.7. The molecule has 3 aromatic carbocycles. The van der Waals surface area contributed by atoms with Gasteiger partial charge in [-0.3, -0.25) is 0 Å². The van der Waals surface area contributed by atoms with Crippen LogP contribution < -0.4 is 4.74 Å². The van der Waals surface area contributed by atoms with Crippen molar-refractivity contribution in [1.82, 2.24) is 20.2 Å². The number of benzene rings is 3. The number of nitrogens with zero attached hydrogens (tertiary/aromatic N) is 4. The summed E-state index contributed by atoms with van der Waals surface area (Å²) in [5, 5.41) is 33.3. The van der Waals surface area contributed by atoms with E-state index in [-0.39, 0.29) is 11.5 Å². The summed E-state index contributed by atoms with van der Waals surface area (Å²) in [5.41, 5.74) is 3.99.